The zero-order chi connectivity index (χ0) is 14.0. The summed E-state index contributed by atoms with van der Waals surface area (Å²) >= 11 is 8.25. The summed E-state index contributed by atoms with van der Waals surface area (Å²) in [7, 11) is 0. The highest BCUT2D eigenvalue weighted by molar-refractivity contribution is 14.1. The second-order valence-corrected chi connectivity index (χ2v) is 5.96. The van der Waals surface area contributed by atoms with Crippen LogP contribution in [0.2, 0.25) is 5.02 Å². The number of nitrogens with two attached hydrogens (primary N) is 1. The van der Waals surface area contributed by atoms with Gasteiger partial charge in [0.25, 0.3) is 0 Å². The fraction of sp³-hybridized carbons (Fsp3) is 0.200. The number of halogens is 3. The summed E-state index contributed by atoms with van der Waals surface area (Å²) in [5, 5.41) is 0.167. The van der Waals surface area contributed by atoms with Gasteiger partial charge in [0, 0.05) is 9.61 Å². The molecule has 2 N–H and O–H groups in total. The van der Waals surface area contributed by atoms with Crippen molar-refractivity contribution in [3.8, 4) is 0 Å². The summed E-state index contributed by atoms with van der Waals surface area (Å²) in [6.07, 6.45) is 0.524. The third kappa shape index (κ3) is 3.27. The van der Waals surface area contributed by atoms with E-state index < -0.39 is 5.82 Å². The largest absolute Gasteiger partial charge is 0.324 e. The van der Waals surface area contributed by atoms with Crippen LogP contribution in [-0.4, -0.2) is 0 Å². The molecule has 0 fully saturated rings. The third-order valence-corrected chi connectivity index (χ3v) is 4.99. The predicted molar refractivity (Wildman–Crippen MR) is 85.9 cm³/mol. The summed E-state index contributed by atoms with van der Waals surface area (Å²) in [5.41, 5.74) is 9.24. The van der Waals surface area contributed by atoms with Crippen molar-refractivity contribution in [3.63, 3.8) is 0 Å². The monoisotopic (exact) mass is 389 g/mol. The maximum atomic E-state index is 13.4. The lowest BCUT2D eigenvalue weighted by atomic mass is 9.98. The number of hydrogen-bond acceptors (Lipinski definition) is 1. The first kappa shape index (κ1) is 14.8. The number of aryl methyl sites for hydroxylation is 1. The van der Waals surface area contributed by atoms with Crippen molar-refractivity contribution in [3.05, 3.63) is 67.5 Å². The molecule has 0 radical (unpaired) electrons. The van der Waals surface area contributed by atoms with Crippen LogP contribution >= 0.6 is 34.2 Å². The summed E-state index contributed by atoms with van der Waals surface area (Å²) in [6.45, 7) is 2.05. The first-order chi connectivity index (χ1) is 9.00. The number of rotatable bonds is 3. The highest BCUT2D eigenvalue weighted by atomic mass is 127. The van der Waals surface area contributed by atoms with Crippen molar-refractivity contribution in [2.75, 3.05) is 0 Å². The predicted octanol–water partition coefficient (Wildman–Crippen LogP) is 4.63. The molecule has 0 saturated carbocycles. The summed E-state index contributed by atoms with van der Waals surface area (Å²) in [6, 6.07) is 10.7. The van der Waals surface area contributed by atoms with E-state index in [2.05, 4.69) is 22.6 Å². The van der Waals surface area contributed by atoms with Gasteiger partial charge in [0.05, 0.1) is 5.02 Å². The van der Waals surface area contributed by atoms with Gasteiger partial charge in [0.1, 0.15) is 5.82 Å². The van der Waals surface area contributed by atoms with Crippen LogP contribution in [-0.2, 0) is 6.42 Å². The van der Waals surface area contributed by atoms with Gasteiger partial charge in [-0.05, 0) is 58.7 Å². The van der Waals surface area contributed by atoms with E-state index in [-0.39, 0.29) is 11.1 Å². The number of benzene rings is 2. The van der Waals surface area contributed by atoms with Gasteiger partial charge in [0.15, 0.2) is 0 Å². The van der Waals surface area contributed by atoms with Gasteiger partial charge in [0.2, 0.25) is 0 Å². The van der Waals surface area contributed by atoms with Crippen molar-refractivity contribution in [2.45, 2.75) is 19.4 Å². The Bertz CT molecular complexity index is 601. The lowest BCUT2D eigenvalue weighted by Gasteiger charge is -2.16. The molecular formula is C15H14ClFIN. The van der Waals surface area contributed by atoms with Crippen molar-refractivity contribution in [1.29, 1.82) is 0 Å². The maximum absolute atomic E-state index is 13.4. The lowest BCUT2D eigenvalue weighted by molar-refractivity contribution is 0.622. The number of hydrogen-bond donors (Lipinski definition) is 1. The summed E-state index contributed by atoms with van der Waals surface area (Å²) in [4.78, 5) is 0. The molecule has 100 valence electrons. The van der Waals surface area contributed by atoms with Crippen molar-refractivity contribution in [1.82, 2.24) is 0 Å². The molecule has 0 aliphatic heterocycles. The molecular weight excluding hydrogens is 376 g/mol. The summed E-state index contributed by atoms with van der Waals surface area (Å²) in [5.74, 6) is -0.398. The molecule has 0 amide bonds. The molecule has 0 aliphatic carbocycles. The summed E-state index contributed by atoms with van der Waals surface area (Å²) < 4.78 is 14.6. The van der Waals surface area contributed by atoms with E-state index in [0.717, 1.165) is 14.7 Å². The van der Waals surface area contributed by atoms with Gasteiger partial charge >= 0.3 is 0 Å². The molecule has 2 aromatic carbocycles. The molecule has 2 rings (SSSR count). The molecule has 2 aromatic rings. The van der Waals surface area contributed by atoms with Gasteiger partial charge in [-0.2, -0.15) is 0 Å². The Balaban J connectivity index is 2.28. The molecule has 0 saturated heterocycles. The Morgan fingerprint density at radius 3 is 2.68 bits per heavy atom. The van der Waals surface area contributed by atoms with Crippen LogP contribution in [0.5, 0.6) is 0 Å². The van der Waals surface area contributed by atoms with E-state index in [4.69, 9.17) is 17.3 Å². The molecule has 19 heavy (non-hydrogen) atoms. The zero-order valence-corrected chi connectivity index (χ0v) is 13.4. The van der Waals surface area contributed by atoms with Crippen molar-refractivity contribution >= 4 is 34.2 Å². The van der Waals surface area contributed by atoms with Gasteiger partial charge in [-0.25, -0.2) is 4.39 Å². The molecule has 1 nitrogen and oxygen atoms in total. The average molecular weight is 390 g/mol. The molecule has 4 heteroatoms. The van der Waals surface area contributed by atoms with E-state index in [1.165, 1.54) is 11.6 Å². The zero-order valence-electron chi connectivity index (χ0n) is 10.5. The smallest absolute Gasteiger partial charge is 0.142 e. The fourth-order valence-electron chi connectivity index (χ4n) is 2.01. The lowest BCUT2D eigenvalue weighted by Crippen LogP contribution is -2.15. The van der Waals surface area contributed by atoms with Crippen LogP contribution in [0.4, 0.5) is 4.39 Å². The molecule has 0 aliphatic rings. The first-order valence-electron chi connectivity index (χ1n) is 5.94. The van der Waals surface area contributed by atoms with Gasteiger partial charge in [-0.1, -0.05) is 41.9 Å². The fourth-order valence-corrected chi connectivity index (χ4v) is 2.97. The van der Waals surface area contributed by atoms with E-state index in [9.17, 15) is 4.39 Å². The van der Waals surface area contributed by atoms with E-state index in [1.807, 2.05) is 31.2 Å². The van der Waals surface area contributed by atoms with Crippen LogP contribution in [0.25, 0.3) is 0 Å². The minimum absolute atomic E-state index is 0.167. The molecule has 0 bridgehead atoms. The van der Waals surface area contributed by atoms with Crippen LogP contribution in [0.15, 0.2) is 36.4 Å². The van der Waals surface area contributed by atoms with Gasteiger partial charge in [-0.3, -0.25) is 0 Å². The van der Waals surface area contributed by atoms with E-state index in [1.54, 1.807) is 6.07 Å². The van der Waals surface area contributed by atoms with E-state index in [0.29, 0.717) is 6.42 Å². The highest BCUT2D eigenvalue weighted by Gasteiger charge is 2.14. The van der Waals surface area contributed by atoms with Crippen LogP contribution < -0.4 is 5.73 Å². The second-order valence-electron chi connectivity index (χ2n) is 4.50. The Kier molecular flexibility index (Phi) is 4.81. The molecule has 0 spiro atoms. The van der Waals surface area contributed by atoms with Crippen molar-refractivity contribution < 1.29 is 4.39 Å². The van der Waals surface area contributed by atoms with Crippen molar-refractivity contribution in [2.24, 2.45) is 5.73 Å². The molecule has 0 aromatic heterocycles. The standard InChI is InChI=1S/C15H14ClFIN/c1-9-4-2-6-11(15(9)18)13(19)8-10-5-3-7-12(17)14(10)16/h2-7,13H,8,19H2,1H3. The quantitative estimate of drug-likeness (QED) is 0.761. The Morgan fingerprint density at radius 2 is 1.95 bits per heavy atom. The first-order valence-corrected chi connectivity index (χ1v) is 7.40. The minimum Gasteiger partial charge on any atom is -0.324 e. The second kappa shape index (κ2) is 6.20. The SMILES string of the molecule is Cc1cccc(C(N)Cc2cccc(F)c2Cl)c1I. The van der Waals surface area contributed by atoms with Crippen LogP contribution in [0.1, 0.15) is 22.7 Å². The van der Waals surface area contributed by atoms with Crippen LogP contribution in [0.3, 0.4) is 0 Å². The Hall–Kier alpha value is -0.650. The molecule has 1 unspecified atom stereocenters. The maximum Gasteiger partial charge on any atom is 0.142 e. The molecule has 1 atom stereocenters. The van der Waals surface area contributed by atoms with Gasteiger partial charge in [-0.15, -0.1) is 0 Å². The average Bonchev–Trinajstić information content (AvgIpc) is 2.38. The molecule has 0 heterocycles. The minimum atomic E-state index is -0.398. The highest BCUT2D eigenvalue weighted by Crippen LogP contribution is 2.27. The van der Waals surface area contributed by atoms with Crippen LogP contribution in [0, 0.1) is 16.3 Å². The Labute approximate surface area is 131 Å². The Morgan fingerprint density at radius 1 is 1.26 bits per heavy atom. The normalized spacial score (nSPS) is 12.5. The topological polar surface area (TPSA) is 26.0 Å². The van der Waals surface area contributed by atoms with Gasteiger partial charge < -0.3 is 5.73 Å². The van der Waals surface area contributed by atoms with E-state index >= 15 is 0 Å². The third-order valence-electron chi connectivity index (χ3n) is 3.09.